The molecule has 1 saturated heterocycles. The zero-order chi connectivity index (χ0) is 15.5. The molecule has 1 aromatic heterocycles. The molecule has 0 saturated carbocycles. The van der Waals surface area contributed by atoms with Crippen molar-refractivity contribution in [3.8, 4) is 5.88 Å². The van der Waals surface area contributed by atoms with Gasteiger partial charge in [-0.15, -0.1) is 5.10 Å². The first kappa shape index (κ1) is 15.5. The average Bonchev–Trinajstić information content (AvgIpc) is 2.40. The van der Waals surface area contributed by atoms with E-state index in [0.29, 0.717) is 19.0 Å². The maximum absolute atomic E-state index is 12.0. The molecule has 1 aliphatic rings. The highest BCUT2D eigenvalue weighted by Crippen LogP contribution is 2.19. The van der Waals surface area contributed by atoms with E-state index in [1.807, 2.05) is 39.8 Å². The zero-order valence-corrected chi connectivity index (χ0v) is 13.1. The van der Waals surface area contributed by atoms with E-state index in [1.165, 1.54) is 0 Å². The fourth-order valence-electron chi connectivity index (χ4n) is 2.10. The van der Waals surface area contributed by atoms with Crippen molar-refractivity contribution >= 4 is 6.09 Å². The van der Waals surface area contributed by atoms with Gasteiger partial charge in [0.2, 0.25) is 5.88 Å². The van der Waals surface area contributed by atoms with Gasteiger partial charge in [-0.05, 0) is 33.8 Å². The maximum atomic E-state index is 12.0. The standard InChI is InChI=1S/C15H23N3O3/c1-11-5-6-13(17-16-11)20-12-7-9-18(10-8-12)14(19)21-15(2,3)4/h5-6,12H,7-10H2,1-4H3. The van der Waals surface area contributed by atoms with Crippen LogP contribution in [0, 0.1) is 6.92 Å². The Morgan fingerprint density at radius 3 is 2.43 bits per heavy atom. The van der Waals surface area contributed by atoms with Crippen LogP contribution in [0.2, 0.25) is 0 Å². The van der Waals surface area contributed by atoms with Crippen LogP contribution in [-0.4, -0.2) is 46.0 Å². The van der Waals surface area contributed by atoms with Gasteiger partial charge in [0, 0.05) is 32.0 Å². The molecule has 0 bridgehead atoms. The van der Waals surface area contributed by atoms with Crippen LogP contribution >= 0.6 is 0 Å². The Balaban J connectivity index is 1.80. The third kappa shape index (κ3) is 4.88. The van der Waals surface area contributed by atoms with Crippen molar-refractivity contribution < 1.29 is 14.3 Å². The van der Waals surface area contributed by atoms with Gasteiger partial charge in [-0.1, -0.05) is 0 Å². The summed E-state index contributed by atoms with van der Waals surface area (Å²) in [6.45, 7) is 8.78. The Labute approximate surface area is 125 Å². The summed E-state index contributed by atoms with van der Waals surface area (Å²) in [6, 6.07) is 3.70. The number of carbonyl (C=O) groups excluding carboxylic acids is 1. The van der Waals surface area contributed by atoms with E-state index in [0.717, 1.165) is 18.5 Å². The molecule has 2 rings (SSSR count). The highest BCUT2D eigenvalue weighted by Gasteiger charge is 2.27. The van der Waals surface area contributed by atoms with Gasteiger partial charge in [0.05, 0.1) is 5.69 Å². The van der Waals surface area contributed by atoms with Crippen molar-refractivity contribution in [3.63, 3.8) is 0 Å². The van der Waals surface area contributed by atoms with Crippen molar-refractivity contribution in [2.24, 2.45) is 0 Å². The summed E-state index contributed by atoms with van der Waals surface area (Å²) < 4.78 is 11.2. The second-order valence-electron chi connectivity index (χ2n) is 6.30. The number of carbonyl (C=O) groups is 1. The molecule has 0 spiro atoms. The predicted octanol–water partition coefficient (Wildman–Crippen LogP) is 2.56. The van der Waals surface area contributed by atoms with Gasteiger partial charge in [-0.3, -0.25) is 0 Å². The Hall–Kier alpha value is -1.85. The smallest absolute Gasteiger partial charge is 0.410 e. The maximum Gasteiger partial charge on any atom is 0.410 e. The largest absolute Gasteiger partial charge is 0.473 e. The van der Waals surface area contributed by atoms with Crippen molar-refractivity contribution in [2.45, 2.75) is 52.2 Å². The number of piperidine rings is 1. The number of rotatable bonds is 2. The lowest BCUT2D eigenvalue weighted by molar-refractivity contribution is 0.0122. The van der Waals surface area contributed by atoms with Crippen LogP contribution in [0.15, 0.2) is 12.1 Å². The topological polar surface area (TPSA) is 64.5 Å². The van der Waals surface area contributed by atoms with Crippen LogP contribution in [0.25, 0.3) is 0 Å². The molecule has 0 N–H and O–H groups in total. The first-order valence-corrected chi connectivity index (χ1v) is 7.28. The zero-order valence-electron chi connectivity index (χ0n) is 13.1. The second kappa shape index (κ2) is 6.28. The molecule has 116 valence electrons. The number of hydrogen-bond donors (Lipinski definition) is 0. The molecule has 0 aromatic carbocycles. The van der Waals surface area contributed by atoms with Crippen molar-refractivity contribution in [3.05, 3.63) is 17.8 Å². The fraction of sp³-hybridized carbons (Fsp3) is 0.667. The highest BCUT2D eigenvalue weighted by molar-refractivity contribution is 5.68. The van der Waals surface area contributed by atoms with E-state index < -0.39 is 5.60 Å². The Kier molecular flexibility index (Phi) is 4.65. The second-order valence-corrected chi connectivity index (χ2v) is 6.30. The van der Waals surface area contributed by atoms with Crippen molar-refractivity contribution in [1.29, 1.82) is 0 Å². The molecular weight excluding hydrogens is 270 g/mol. The lowest BCUT2D eigenvalue weighted by Crippen LogP contribution is -2.44. The number of aromatic nitrogens is 2. The lowest BCUT2D eigenvalue weighted by atomic mass is 10.1. The SMILES string of the molecule is Cc1ccc(OC2CCN(C(=O)OC(C)(C)C)CC2)nn1. The summed E-state index contributed by atoms with van der Waals surface area (Å²) in [4.78, 5) is 13.7. The molecule has 21 heavy (non-hydrogen) atoms. The third-order valence-electron chi connectivity index (χ3n) is 3.15. The Morgan fingerprint density at radius 2 is 1.90 bits per heavy atom. The molecule has 0 radical (unpaired) electrons. The van der Waals surface area contributed by atoms with Gasteiger partial charge in [0.25, 0.3) is 0 Å². The summed E-state index contributed by atoms with van der Waals surface area (Å²) in [6.07, 6.45) is 1.36. The lowest BCUT2D eigenvalue weighted by Gasteiger charge is -2.33. The van der Waals surface area contributed by atoms with Gasteiger partial charge >= 0.3 is 6.09 Å². The third-order valence-corrected chi connectivity index (χ3v) is 3.15. The number of ether oxygens (including phenoxy) is 2. The first-order chi connectivity index (χ1) is 9.83. The molecular formula is C15H23N3O3. The molecule has 1 aromatic rings. The number of aryl methyl sites for hydroxylation is 1. The van der Waals surface area contributed by atoms with Crippen LogP contribution < -0.4 is 4.74 Å². The van der Waals surface area contributed by atoms with E-state index >= 15 is 0 Å². The average molecular weight is 293 g/mol. The summed E-state index contributed by atoms with van der Waals surface area (Å²) in [5.74, 6) is 0.538. The van der Waals surface area contributed by atoms with Crippen LogP contribution in [0.4, 0.5) is 4.79 Å². The minimum Gasteiger partial charge on any atom is -0.473 e. The Morgan fingerprint density at radius 1 is 1.24 bits per heavy atom. The number of hydrogen-bond acceptors (Lipinski definition) is 5. The highest BCUT2D eigenvalue weighted by atomic mass is 16.6. The number of likely N-dealkylation sites (tertiary alicyclic amines) is 1. The normalized spacial score (nSPS) is 16.7. The fourth-order valence-corrected chi connectivity index (χ4v) is 2.10. The minimum atomic E-state index is -0.456. The van der Waals surface area contributed by atoms with Gasteiger partial charge in [-0.25, -0.2) is 4.79 Å². The molecule has 0 unspecified atom stereocenters. The van der Waals surface area contributed by atoms with Crippen LogP contribution in [-0.2, 0) is 4.74 Å². The van der Waals surface area contributed by atoms with E-state index in [1.54, 1.807) is 4.90 Å². The number of nitrogens with zero attached hydrogens (tertiary/aromatic N) is 3. The molecule has 1 amide bonds. The quantitative estimate of drug-likeness (QED) is 0.838. The van der Waals surface area contributed by atoms with Gasteiger partial charge < -0.3 is 14.4 Å². The molecule has 1 fully saturated rings. The monoisotopic (exact) mass is 293 g/mol. The van der Waals surface area contributed by atoms with Crippen LogP contribution in [0.1, 0.15) is 39.3 Å². The predicted molar refractivity (Wildman–Crippen MR) is 78.2 cm³/mol. The molecule has 0 aliphatic carbocycles. The molecule has 1 aliphatic heterocycles. The molecule has 6 heteroatoms. The van der Waals surface area contributed by atoms with E-state index in [4.69, 9.17) is 9.47 Å². The van der Waals surface area contributed by atoms with Crippen LogP contribution in [0.5, 0.6) is 5.88 Å². The van der Waals surface area contributed by atoms with Gasteiger partial charge in [0.15, 0.2) is 0 Å². The first-order valence-electron chi connectivity index (χ1n) is 7.28. The van der Waals surface area contributed by atoms with E-state index in [2.05, 4.69) is 10.2 Å². The van der Waals surface area contributed by atoms with Crippen molar-refractivity contribution in [1.82, 2.24) is 15.1 Å². The molecule has 2 heterocycles. The van der Waals surface area contributed by atoms with E-state index in [9.17, 15) is 4.79 Å². The summed E-state index contributed by atoms with van der Waals surface area (Å²) in [7, 11) is 0. The summed E-state index contributed by atoms with van der Waals surface area (Å²) in [5.41, 5.74) is 0.407. The Bertz CT molecular complexity index is 474. The summed E-state index contributed by atoms with van der Waals surface area (Å²) in [5, 5.41) is 7.97. The van der Waals surface area contributed by atoms with Crippen molar-refractivity contribution in [2.75, 3.05) is 13.1 Å². The van der Waals surface area contributed by atoms with Crippen LogP contribution in [0.3, 0.4) is 0 Å². The molecule has 0 atom stereocenters. The van der Waals surface area contributed by atoms with Gasteiger partial charge in [-0.2, -0.15) is 5.10 Å². The summed E-state index contributed by atoms with van der Waals surface area (Å²) >= 11 is 0. The minimum absolute atomic E-state index is 0.0701. The van der Waals surface area contributed by atoms with Gasteiger partial charge in [0.1, 0.15) is 11.7 Å². The molecule has 6 nitrogen and oxygen atoms in total. The van der Waals surface area contributed by atoms with E-state index in [-0.39, 0.29) is 12.2 Å². The number of amides is 1.